The van der Waals surface area contributed by atoms with E-state index in [1.165, 1.54) is 29.9 Å². The van der Waals surface area contributed by atoms with Gasteiger partial charge in [-0.05, 0) is 55.3 Å². The first-order valence-electron chi connectivity index (χ1n) is 16.4. The Bertz CT molecular complexity index is 1910. The van der Waals surface area contributed by atoms with E-state index < -0.39 is 79.0 Å². The molecule has 1 spiro atoms. The average Bonchev–Trinajstić information content (AvgIpc) is 3.43. The van der Waals surface area contributed by atoms with Crippen molar-refractivity contribution in [1.29, 1.82) is 0 Å². The molecule has 4 atom stereocenters. The summed E-state index contributed by atoms with van der Waals surface area (Å²) in [5, 5.41) is 4.88. The summed E-state index contributed by atoms with van der Waals surface area (Å²) in [5.74, 6) is -0.723. The SMILES string of the molecule is Cc1cn([C@@H]2O[C@H](CO[Si](C)(C)C(C)(C)C)C3(OS(=O)(=O)C=C3NC(=O)NC(=O)c3ccccc3)[C@H]2O[Si](C)(C)C(C)(C)C)c(=O)n(C)c1=O. The summed E-state index contributed by atoms with van der Waals surface area (Å²) in [4.78, 5) is 52.8. The lowest BCUT2D eigenvalue weighted by molar-refractivity contribution is -0.0571. The monoisotopic (exact) mass is 750 g/mol. The Labute approximate surface area is 295 Å². The zero-order chi connectivity index (χ0) is 37.8. The van der Waals surface area contributed by atoms with Gasteiger partial charge in [0.05, 0.1) is 17.7 Å². The Morgan fingerprint density at radius 1 is 0.980 bits per heavy atom. The minimum atomic E-state index is -4.51. The number of rotatable bonds is 8. The highest BCUT2D eigenvalue weighted by atomic mass is 32.2. The molecule has 2 N–H and O–H groups in total. The maximum absolute atomic E-state index is 13.7. The first-order valence-corrected chi connectivity index (χ1v) is 23.6. The van der Waals surface area contributed by atoms with Gasteiger partial charge in [-0.3, -0.25) is 24.0 Å². The number of carbonyl (C=O) groups is 2. The van der Waals surface area contributed by atoms with E-state index >= 15 is 0 Å². The minimum Gasteiger partial charge on any atom is -0.414 e. The Hall–Kier alpha value is -3.20. The molecule has 3 amide bonds. The van der Waals surface area contributed by atoms with Gasteiger partial charge in [0.25, 0.3) is 21.6 Å². The lowest BCUT2D eigenvalue weighted by atomic mass is 9.89. The Balaban J connectivity index is 1.94. The third kappa shape index (κ3) is 7.54. The molecule has 50 heavy (non-hydrogen) atoms. The van der Waals surface area contributed by atoms with Gasteiger partial charge in [-0.15, -0.1) is 0 Å². The molecule has 1 aromatic carbocycles. The lowest BCUT2D eigenvalue weighted by Crippen LogP contribution is -2.60. The van der Waals surface area contributed by atoms with Crippen molar-refractivity contribution in [1.82, 2.24) is 19.8 Å². The zero-order valence-electron chi connectivity index (χ0n) is 30.9. The molecule has 1 unspecified atom stereocenters. The maximum Gasteiger partial charge on any atom is 0.332 e. The second-order valence-corrected chi connectivity index (χ2v) is 26.9. The molecule has 1 fully saturated rings. The van der Waals surface area contributed by atoms with Gasteiger partial charge in [-0.2, -0.15) is 8.42 Å². The summed E-state index contributed by atoms with van der Waals surface area (Å²) in [5.41, 5.74) is -3.18. The molecule has 3 heterocycles. The van der Waals surface area contributed by atoms with E-state index in [4.69, 9.17) is 17.8 Å². The number of imide groups is 1. The van der Waals surface area contributed by atoms with Gasteiger partial charge >= 0.3 is 11.7 Å². The van der Waals surface area contributed by atoms with Crippen LogP contribution in [0.3, 0.4) is 0 Å². The highest BCUT2D eigenvalue weighted by Gasteiger charge is 2.68. The van der Waals surface area contributed by atoms with Crippen molar-refractivity contribution >= 4 is 38.7 Å². The lowest BCUT2D eigenvalue weighted by Gasteiger charge is -2.44. The number of benzene rings is 1. The van der Waals surface area contributed by atoms with Crippen molar-refractivity contribution in [3.8, 4) is 0 Å². The highest BCUT2D eigenvalue weighted by molar-refractivity contribution is 7.90. The summed E-state index contributed by atoms with van der Waals surface area (Å²) in [6, 6.07) is 7.00. The molecular formula is C33H50N4O10SSi2. The van der Waals surface area contributed by atoms with Crippen molar-refractivity contribution < 1.29 is 35.8 Å². The van der Waals surface area contributed by atoms with E-state index in [9.17, 15) is 27.6 Å². The van der Waals surface area contributed by atoms with E-state index in [1.807, 2.05) is 67.7 Å². The molecule has 14 nitrogen and oxygen atoms in total. The van der Waals surface area contributed by atoms with Crippen LogP contribution in [-0.2, 0) is 34.9 Å². The Kier molecular flexibility index (Phi) is 10.6. The van der Waals surface area contributed by atoms with Gasteiger partial charge in [-0.1, -0.05) is 59.7 Å². The minimum absolute atomic E-state index is 0.204. The molecule has 1 aromatic heterocycles. The van der Waals surface area contributed by atoms with Gasteiger partial charge < -0.3 is 18.9 Å². The average molecular weight is 751 g/mol. The zero-order valence-corrected chi connectivity index (χ0v) is 33.7. The molecule has 0 radical (unpaired) electrons. The number of urea groups is 1. The molecule has 0 saturated carbocycles. The summed E-state index contributed by atoms with van der Waals surface area (Å²) >= 11 is 0. The number of hydrogen-bond acceptors (Lipinski definition) is 10. The van der Waals surface area contributed by atoms with E-state index in [2.05, 4.69) is 10.6 Å². The third-order valence-electron chi connectivity index (χ3n) is 10.3. The number of carbonyl (C=O) groups excluding carboxylic acids is 2. The molecule has 1 saturated heterocycles. The van der Waals surface area contributed by atoms with Crippen LogP contribution in [0.5, 0.6) is 0 Å². The number of amides is 3. The topological polar surface area (TPSA) is 173 Å². The first kappa shape index (κ1) is 39.6. The smallest absolute Gasteiger partial charge is 0.332 e. The second-order valence-electron chi connectivity index (χ2n) is 15.9. The van der Waals surface area contributed by atoms with Crippen molar-refractivity contribution in [3.63, 3.8) is 0 Å². The van der Waals surface area contributed by atoms with E-state index in [0.717, 1.165) is 9.98 Å². The molecule has 0 bridgehead atoms. The van der Waals surface area contributed by atoms with E-state index in [0.29, 0.717) is 0 Å². The van der Waals surface area contributed by atoms with Crippen molar-refractivity contribution in [3.05, 3.63) is 79.6 Å². The number of aryl methyl sites for hydroxylation is 1. The third-order valence-corrected chi connectivity index (χ3v) is 20.3. The maximum atomic E-state index is 13.7. The van der Waals surface area contributed by atoms with Crippen LogP contribution in [0, 0.1) is 6.92 Å². The van der Waals surface area contributed by atoms with Crippen LogP contribution >= 0.6 is 0 Å². The summed E-state index contributed by atoms with van der Waals surface area (Å²) < 4.78 is 55.3. The Morgan fingerprint density at radius 2 is 1.56 bits per heavy atom. The molecule has 2 aliphatic rings. The number of nitrogens with one attached hydrogen (secondary N) is 2. The summed E-state index contributed by atoms with van der Waals surface area (Å²) in [7, 11) is -8.58. The van der Waals surface area contributed by atoms with E-state index in [1.54, 1.807) is 25.1 Å². The molecule has 0 aliphatic carbocycles. The fraction of sp³-hybridized carbons (Fsp3) is 0.576. The first-order chi connectivity index (χ1) is 22.7. The highest BCUT2D eigenvalue weighted by Crippen LogP contribution is 2.52. The normalized spacial score (nSPS) is 23.9. The summed E-state index contributed by atoms with van der Waals surface area (Å²) in [6.07, 6.45) is -2.65. The Morgan fingerprint density at radius 3 is 2.12 bits per heavy atom. The molecule has 276 valence electrons. The number of ether oxygens (including phenoxy) is 1. The van der Waals surface area contributed by atoms with Crippen LogP contribution < -0.4 is 21.9 Å². The van der Waals surface area contributed by atoms with Gasteiger partial charge in [0, 0.05) is 24.4 Å². The van der Waals surface area contributed by atoms with Crippen molar-refractivity contribution in [2.45, 2.75) is 109 Å². The van der Waals surface area contributed by atoms with Crippen LogP contribution in [0.15, 0.2) is 57.2 Å². The van der Waals surface area contributed by atoms with Crippen molar-refractivity contribution in [2.75, 3.05) is 6.61 Å². The molecule has 4 rings (SSSR count). The van der Waals surface area contributed by atoms with Crippen LogP contribution in [0.2, 0.25) is 36.3 Å². The quantitative estimate of drug-likeness (QED) is 0.294. The van der Waals surface area contributed by atoms with Crippen LogP contribution in [-0.4, -0.2) is 70.5 Å². The van der Waals surface area contributed by atoms with Crippen molar-refractivity contribution in [2.24, 2.45) is 7.05 Å². The molecule has 2 aliphatic heterocycles. The number of nitrogens with zero attached hydrogens (tertiary/aromatic N) is 2. The van der Waals surface area contributed by atoms with E-state index in [-0.39, 0.29) is 28.5 Å². The van der Waals surface area contributed by atoms with Gasteiger partial charge in [0.1, 0.15) is 12.2 Å². The van der Waals surface area contributed by atoms with Crippen LogP contribution in [0.1, 0.15) is 63.7 Å². The number of hydrogen-bond donors (Lipinski definition) is 2. The molecular weight excluding hydrogens is 701 g/mol. The predicted molar refractivity (Wildman–Crippen MR) is 193 cm³/mol. The van der Waals surface area contributed by atoms with Gasteiger partial charge in [0.2, 0.25) is 0 Å². The second kappa shape index (κ2) is 13.4. The summed E-state index contributed by atoms with van der Waals surface area (Å²) in [6.45, 7) is 21.3. The van der Waals surface area contributed by atoms with Crippen LogP contribution in [0.4, 0.5) is 4.79 Å². The van der Waals surface area contributed by atoms with Gasteiger partial charge in [0.15, 0.2) is 28.5 Å². The standard InChI is InChI=1S/C33H50N4O10SSi2/c1-21-18-37(30(41)36(8)27(21)39)28-25(46-50(11,12)32(5,6)7)33(24(45-28)19-44-49(9,10)31(2,3)4)23(20-48(42,43)47-33)34-29(40)35-26(38)22-16-14-13-15-17-22/h13-18,20,24-25,28H,19H2,1-12H3,(H2,34,35,38,40)/t24-,25+,28-,33?/m1/s1. The predicted octanol–water partition coefficient (Wildman–Crippen LogP) is 4.24. The molecule has 2 aromatic rings. The number of aromatic nitrogens is 2. The molecule has 17 heteroatoms. The van der Waals surface area contributed by atoms with Crippen LogP contribution in [0.25, 0.3) is 0 Å². The fourth-order valence-electron chi connectivity index (χ4n) is 5.25. The fourth-order valence-corrected chi connectivity index (χ4v) is 8.78. The largest absolute Gasteiger partial charge is 0.414 e. The van der Waals surface area contributed by atoms with Gasteiger partial charge in [-0.25, -0.2) is 13.8 Å².